The molecule has 3 N–H and O–H groups in total. The van der Waals surface area contributed by atoms with Crippen LogP contribution in [0, 0.1) is 0 Å². The molecular formula is C27H28N4O3. The molecule has 34 heavy (non-hydrogen) atoms. The lowest BCUT2D eigenvalue weighted by molar-refractivity contribution is -0.119. The van der Waals surface area contributed by atoms with Crippen LogP contribution in [0.2, 0.25) is 0 Å². The molecule has 0 atom stereocenters. The maximum atomic E-state index is 12.8. The Morgan fingerprint density at radius 3 is 2.50 bits per heavy atom. The fourth-order valence-corrected chi connectivity index (χ4v) is 3.75. The normalized spacial score (nSPS) is 11.3. The lowest BCUT2D eigenvalue weighted by Crippen LogP contribution is -2.37. The topological polar surface area (TPSA) is 87.7 Å². The first-order valence-corrected chi connectivity index (χ1v) is 11.1. The minimum atomic E-state index is -0.179. The number of aromatic nitrogens is 1. The van der Waals surface area contributed by atoms with Crippen LogP contribution in [0.1, 0.15) is 11.1 Å². The van der Waals surface area contributed by atoms with E-state index in [1.165, 1.54) is 10.9 Å². The van der Waals surface area contributed by atoms with E-state index in [4.69, 9.17) is 9.47 Å². The highest BCUT2D eigenvalue weighted by atomic mass is 16.5. The van der Waals surface area contributed by atoms with Gasteiger partial charge in [0.1, 0.15) is 0 Å². The first kappa shape index (κ1) is 22.9. The van der Waals surface area contributed by atoms with Gasteiger partial charge in [-0.1, -0.05) is 42.5 Å². The second-order valence-corrected chi connectivity index (χ2v) is 7.75. The summed E-state index contributed by atoms with van der Waals surface area (Å²) in [6.45, 7) is 0.521. The van der Waals surface area contributed by atoms with Crippen LogP contribution in [0.5, 0.6) is 11.5 Å². The molecule has 4 aromatic rings. The molecule has 1 heterocycles. The molecule has 3 aromatic carbocycles. The molecule has 0 saturated heterocycles. The Hall–Kier alpha value is -4.26. The number of aromatic amines is 1. The van der Waals surface area contributed by atoms with Crippen molar-refractivity contribution in [2.45, 2.75) is 12.8 Å². The SMILES string of the molecule is COc1ccc(CC(=O)NC(=NCCc2c[nH]c3ccccc23)Nc2ccccc2)cc1OC. The molecule has 7 nitrogen and oxygen atoms in total. The average molecular weight is 457 g/mol. The van der Waals surface area contributed by atoms with Crippen LogP contribution in [0.25, 0.3) is 10.9 Å². The quantitative estimate of drug-likeness (QED) is 0.268. The number of nitrogens with one attached hydrogen (secondary N) is 3. The summed E-state index contributed by atoms with van der Waals surface area (Å²) in [5, 5.41) is 7.32. The second kappa shape index (κ2) is 11.0. The highest BCUT2D eigenvalue weighted by Gasteiger charge is 2.11. The molecule has 1 amide bonds. The van der Waals surface area contributed by atoms with Crippen molar-refractivity contribution in [1.29, 1.82) is 0 Å². The summed E-state index contributed by atoms with van der Waals surface area (Å²) in [7, 11) is 3.16. The minimum absolute atomic E-state index is 0.179. The van der Waals surface area contributed by atoms with Gasteiger partial charge in [0.2, 0.25) is 11.9 Å². The number of methoxy groups -OCH3 is 2. The first-order chi connectivity index (χ1) is 16.7. The lowest BCUT2D eigenvalue weighted by Gasteiger charge is -2.13. The zero-order valence-electron chi connectivity index (χ0n) is 19.3. The highest BCUT2D eigenvalue weighted by molar-refractivity contribution is 6.04. The fourth-order valence-electron chi connectivity index (χ4n) is 3.75. The maximum absolute atomic E-state index is 12.8. The number of aliphatic imine (C=N–C) groups is 1. The van der Waals surface area contributed by atoms with E-state index in [0.717, 1.165) is 23.2 Å². The Morgan fingerprint density at radius 1 is 0.941 bits per heavy atom. The van der Waals surface area contributed by atoms with Crippen molar-refractivity contribution in [2.24, 2.45) is 4.99 Å². The number of benzene rings is 3. The molecule has 0 aliphatic carbocycles. The molecule has 7 heteroatoms. The Labute approximate surface area is 198 Å². The van der Waals surface area contributed by atoms with Crippen LogP contribution in [0.3, 0.4) is 0 Å². The number of amides is 1. The number of hydrogen-bond acceptors (Lipinski definition) is 4. The van der Waals surface area contributed by atoms with Crippen molar-refractivity contribution in [3.05, 3.63) is 90.1 Å². The summed E-state index contributed by atoms with van der Waals surface area (Å²) in [6, 6.07) is 23.3. The predicted molar refractivity (Wildman–Crippen MR) is 136 cm³/mol. The molecule has 1 aromatic heterocycles. The van der Waals surface area contributed by atoms with Gasteiger partial charge in [-0.15, -0.1) is 0 Å². The van der Waals surface area contributed by atoms with Gasteiger partial charge in [-0.2, -0.15) is 0 Å². The zero-order chi connectivity index (χ0) is 23.8. The monoisotopic (exact) mass is 456 g/mol. The Balaban J connectivity index is 1.46. The summed E-state index contributed by atoms with van der Waals surface area (Å²) in [6.07, 6.45) is 2.94. The zero-order valence-corrected chi connectivity index (χ0v) is 19.3. The summed E-state index contributed by atoms with van der Waals surface area (Å²) in [4.78, 5) is 20.8. The third-order valence-corrected chi connectivity index (χ3v) is 5.43. The molecule has 174 valence electrons. The lowest BCUT2D eigenvalue weighted by atomic mass is 10.1. The fraction of sp³-hybridized carbons (Fsp3) is 0.185. The number of H-pyrrole nitrogens is 1. The van der Waals surface area contributed by atoms with Gasteiger partial charge >= 0.3 is 0 Å². The van der Waals surface area contributed by atoms with Crippen LogP contribution in [-0.4, -0.2) is 37.6 Å². The summed E-state index contributed by atoms with van der Waals surface area (Å²) < 4.78 is 10.6. The largest absolute Gasteiger partial charge is 0.493 e. The van der Waals surface area contributed by atoms with E-state index >= 15 is 0 Å². The Kier molecular flexibility index (Phi) is 7.45. The van der Waals surface area contributed by atoms with E-state index < -0.39 is 0 Å². The number of nitrogens with zero attached hydrogens (tertiary/aromatic N) is 1. The van der Waals surface area contributed by atoms with Crippen LogP contribution in [0.15, 0.2) is 84.0 Å². The number of hydrogen-bond donors (Lipinski definition) is 3. The van der Waals surface area contributed by atoms with Crippen molar-refractivity contribution in [3.63, 3.8) is 0 Å². The number of rotatable bonds is 8. The molecule has 0 spiro atoms. The van der Waals surface area contributed by atoms with E-state index in [-0.39, 0.29) is 12.3 Å². The van der Waals surface area contributed by atoms with Crippen molar-refractivity contribution in [2.75, 3.05) is 26.1 Å². The standard InChI is InChI=1S/C27H28N4O3/c1-33-24-13-12-19(16-25(24)34-2)17-26(32)31-27(30-21-8-4-3-5-9-21)28-15-14-20-18-29-23-11-7-6-10-22(20)23/h3-13,16,18,29H,14-15,17H2,1-2H3,(H2,28,30,31,32). The summed E-state index contributed by atoms with van der Waals surface area (Å²) in [5.41, 5.74) is 3.95. The molecule has 0 aliphatic rings. The van der Waals surface area contributed by atoms with E-state index in [1.807, 2.05) is 54.7 Å². The number of guanidine groups is 1. The van der Waals surface area contributed by atoms with Gasteiger partial charge in [0.05, 0.1) is 20.6 Å². The van der Waals surface area contributed by atoms with Crippen molar-refractivity contribution < 1.29 is 14.3 Å². The highest BCUT2D eigenvalue weighted by Crippen LogP contribution is 2.27. The first-order valence-electron chi connectivity index (χ1n) is 11.1. The third kappa shape index (κ3) is 5.75. The summed E-state index contributed by atoms with van der Waals surface area (Å²) >= 11 is 0. The van der Waals surface area contributed by atoms with Crippen molar-refractivity contribution in [1.82, 2.24) is 10.3 Å². The van der Waals surface area contributed by atoms with Gasteiger partial charge in [0, 0.05) is 29.3 Å². The smallest absolute Gasteiger partial charge is 0.231 e. The number of ether oxygens (including phenoxy) is 2. The third-order valence-electron chi connectivity index (χ3n) is 5.43. The second-order valence-electron chi connectivity index (χ2n) is 7.75. The molecule has 0 saturated carbocycles. The van der Waals surface area contributed by atoms with Gasteiger partial charge in [-0.05, 0) is 47.9 Å². The van der Waals surface area contributed by atoms with Gasteiger partial charge in [-0.3, -0.25) is 15.1 Å². The van der Waals surface area contributed by atoms with Gasteiger partial charge in [0.15, 0.2) is 11.5 Å². The molecule has 0 fully saturated rings. The number of fused-ring (bicyclic) bond motifs is 1. The molecule has 4 rings (SSSR count). The van der Waals surface area contributed by atoms with Gasteiger partial charge < -0.3 is 19.8 Å². The maximum Gasteiger partial charge on any atom is 0.231 e. The molecular weight excluding hydrogens is 428 g/mol. The Morgan fingerprint density at radius 2 is 1.71 bits per heavy atom. The van der Waals surface area contributed by atoms with Gasteiger partial charge in [-0.25, -0.2) is 0 Å². The molecule has 0 radical (unpaired) electrons. The van der Waals surface area contributed by atoms with Crippen LogP contribution in [0.4, 0.5) is 5.69 Å². The molecule has 0 unspecified atom stereocenters. The number of carbonyl (C=O) groups excluding carboxylic acids is 1. The van der Waals surface area contributed by atoms with Crippen LogP contribution >= 0.6 is 0 Å². The van der Waals surface area contributed by atoms with Crippen LogP contribution in [-0.2, 0) is 17.6 Å². The van der Waals surface area contributed by atoms with E-state index in [9.17, 15) is 4.79 Å². The number of carbonyl (C=O) groups is 1. The van der Waals surface area contributed by atoms with E-state index in [1.54, 1.807) is 26.4 Å². The number of anilines is 1. The minimum Gasteiger partial charge on any atom is -0.493 e. The molecule has 0 aliphatic heterocycles. The molecule has 0 bridgehead atoms. The summed E-state index contributed by atoms with van der Waals surface area (Å²) in [5.74, 6) is 1.44. The Bertz CT molecular complexity index is 1280. The predicted octanol–water partition coefficient (Wildman–Crippen LogP) is 4.55. The van der Waals surface area contributed by atoms with Crippen molar-refractivity contribution in [3.8, 4) is 11.5 Å². The number of para-hydroxylation sites is 2. The van der Waals surface area contributed by atoms with E-state index in [2.05, 4.69) is 32.7 Å². The van der Waals surface area contributed by atoms with Gasteiger partial charge in [0.25, 0.3) is 0 Å². The van der Waals surface area contributed by atoms with E-state index in [0.29, 0.717) is 24.0 Å². The average Bonchev–Trinajstić information content (AvgIpc) is 3.27. The van der Waals surface area contributed by atoms with Crippen molar-refractivity contribution >= 4 is 28.5 Å². The van der Waals surface area contributed by atoms with Crippen LogP contribution < -0.4 is 20.1 Å².